The number of nitriles is 1. The molecule has 4 aromatic rings. The standard InChI is InChI=1S/C44H57F2N9O12P2SSi2/c1-24(2)71(25(3)4)61-20-32-37(66-72(67-71,26(5)6)27(7)8)38(44(63-32)54-18-30(45)33-28(9)48-21-50-40(33)54)65-69(70,59-17-13-16-47)60-19-31-36(64-68(57)58)34(46)43(62-31)55-23-52-35-39(49-22-51-41(35)55)53-42(56)29-14-11-10-12-15-29/h10-12,14-15,18,21-27,31-32,34,36-38,43-44H,9,13,17,19-20H2,1-8H3,(H2-,48,49,50,51,53,56,57,58)/p+1/t31-,32-,34-,36-,37-,38-,43-,44-,69?/m1/s1. The van der Waals surface area contributed by atoms with Gasteiger partial charge in [0.05, 0.1) is 50.5 Å². The molecule has 4 aliphatic rings. The van der Waals surface area contributed by atoms with Gasteiger partial charge in [-0.15, -0.1) is 9.42 Å². The summed E-state index contributed by atoms with van der Waals surface area (Å²) in [7, 11) is -9.90. The Kier molecular flexibility index (Phi) is 16.5. The van der Waals surface area contributed by atoms with E-state index in [2.05, 4.69) is 64.9 Å². The first-order valence-electron chi connectivity index (χ1n) is 23.4. The summed E-state index contributed by atoms with van der Waals surface area (Å²) in [5.74, 6) is -0.947. The Morgan fingerprint density at radius 3 is 2.42 bits per heavy atom. The molecular formula is C44H58F2N9O12P2SSi2+. The fraction of sp³-hybridized carbons (Fsp3) is 0.545. The second-order valence-corrected chi connectivity index (χ2v) is 31.3. The van der Waals surface area contributed by atoms with E-state index in [-0.39, 0.29) is 75.9 Å². The molecule has 0 aliphatic carbocycles. The molecule has 1 aromatic carbocycles. The van der Waals surface area contributed by atoms with E-state index in [0.717, 1.165) is 6.33 Å². The molecule has 4 aliphatic heterocycles. The van der Waals surface area contributed by atoms with Crippen LogP contribution in [0.1, 0.15) is 90.2 Å². The van der Waals surface area contributed by atoms with Gasteiger partial charge in [0.15, 0.2) is 47.5 Å². The van der Waals surface area contributed by atoms with Gasteiger partial charge in [0, 0.05) is 22.0 Å². The Balaban J connectivity index is 1.15. The third kappa shape index (κ3) is 10.4. The van der Waals surface area contributed by atoms with Gasteiger partial charge >= 0.3 is 32.1 Å². The number of nitrogens with one attached hydrogen (secondary N) is 2. The first kappa shape index (κ1) is 54.1. The number of imidazole rings is 1. The lowest BCUT2D eigenvalue weighted by Gasteiger charge is -2.51. The smallest absolute Gasteiger partial charge is 0.414 e. The quantitative estimate of drug-likeness (QED) is 0.0479. The lowest BCUT2D eigenvalue weighted by molar-refractivity contribution is -0.0591. The van der Waals surface area contributed by atoms with Crippen molar-refractivity contribution in [2.75, 3.05) is 25.1 Å². The van der Waals surface area contributed by atoms with Crippen LogP contribution >= 0.6 is 15.0 Å². The molecule has 3 N–H and O–H groups in total. The number of alkyl halides is 1. The molecular weight excluding hydrogens is 1030 g/mol. The average molecular weight is 1090 g/mol. The molecule has 0 bridgehead atoms. The summed E-state index contributed by atoms with van der Waals surface area (Å²) in [5, 5.41) is 15.1. The predicted molar refractivity (Wildman–Crippen MR) is 267 cm³/mol. The second kappa shape index (κ2) is 22.0. The SMILES string of the molecule is C=C1NC=Nc2c1c(F)cn2[C@@H]1O[C@@H]2CO[Si](C(C)C)(C(C)C)O[Si](C(C)C)(C(C)C)O[C@H]2[C@H]1OP(=S)(OCCC#N)OC[C@H]1O[C@@H](n2cnc3c(NC(=O)c4ccccc4)ncnc32)[C@H](F)[C@@H]1O[P+](=O)O. The van der Waals surface area contributed by atoms with E-state index < -0.39 is 99.6 Å². The fourth-order valence-electron chi connectivity index (χ4n) is 9.59. The van der Waals surface area contributed by atoms with E-state index in [9.17, 15) is 19.5 Å². The van der Waals surface area contributed by atoms with Gasteiger partial charge in [0.2, 0.25) is 0 Å². The Bertz CT molecular complexity index is 2770. The summed E-state index contributed by atoms with van der Waals surface area (Å²) < 4.78 is 107. The van der Waals surface area contributed by atoms with Crippen LogP contribution in [0.2, 0.25) is 22.2 Å². The molecule has 2 unspecified atom stereocenters. The maximum atomic E-state index is 16.8. The lowest BCUT2D eigenvalue weighted by atomic mass is 10.1. The van der Waals surface area contributed by atoms with E-state index in [0.29, 0.717) is 5.56 Å². The van der Waals surface area contributed by atoms with Gasteiger partial charge in [-0.25, -0.2) is 28.7 Å². The van der Waals surface area contributed by atoms with Crippen molar-refractivity contribution in [3.63, 3.8) is 0 Å². The highest BCUT2D eigenvalue weighted by Gasteiger charge is 2.63. The zero-order valence-electron chi connectivity index (χ0n) is 40.8. The minimum Gasteiger partial charge on any atom is -0.414 e. The number of benzene rings is 1. The number of amides is 1. The van der Waals surface area contributed by atoms with Crippen molar-refractivity contribution >= 4 is 84.6 Å². The fourth-order valence-corrected chi connectivity index (χ4v) is 23.3. The molecule has 3 aromatic heterocycles. The second-order valence-electron chi connectivity index (χ2n) is 18.8. The maximum absolute atomic E-state index is 16.8. The van der Waals surface area contributed by atoms with Crippen LogP contribution < -0.4 is 10.6 Å². The number of rotatable bonds is 18. The number of nitrogens with zero attached hydrogens (tertiary/aromatic N) is 7. The molecule has 0 saturated carbocycles. The first-order valence-corrected chi connectivity index (χ1v) is 31.0. The van der Waals surface area contributed by atoms with Crippen LogP contribution in [0.3, 0.4) is 0 Å². The van der Waals surface area contributed by atoms with Gasteiger partial charge in [0.1, 0.15) is 36.6 Å². The van der Waals surface area contributed by atoms with Crippen LogP contribution in [-0.4, -0.2) is 115 Å². The number of hydrogen-bond acceptors (Lipinski definition) is 18. The van der Waals surface area contributed by atoms with Crippen LogP contribution in [0.4, 0.5) is 20.4 Å². The highest BCUT2D eigenvalue weighted by atomic mass is 32.5. The summed E-state index contributed by atoms with van der Waals surface area (Å²) in [5.41, 5.74) is 0.566. The van der Waals surface area contributed by atoms with Crippen molar-refractivity contribution in [1.29, 1.82) is 5.26 Å². The minimum atomic E-state index is -4.21. The van der Waals surface area contributed by atoms with Gasteiger partial charge < -0.3 is 46.7 Å². The van der Waals surface area contributed by atoms with Gasteiger partial charge in [-0.1, -0.05) is 80.2 Å². The zero-order chi connectivity index (χ0) is 51.9. The molecule has 72 heavy (non-hydrogen) atoms. The Morgan fingerprint density at radius 2 is 1.75 bits per heavy atom. The monoisotopic (exact) mass is 1090 g/mol. The lowest BCUT2D eigenvalue weighted by Crippen LogP contribution is -2.65. The number of anilines is 1. The normalized spacial score (nSPS) is 26.8. The third-order valence-corrected chi connectivity index (χ3v) is 26.1. The van der Waals surface area contributed by atoms with Gasteiger partial charge in [-0.3, -0.25) is 13.9 Å². The highest BCUT2D eigenvalue weighted by Crippen LogP contribution is 2.58. The molecule has 7 heterocycles. The molecule has 28 heteroatoms. The number of fused-ring (bicyclic) bond motifs is 3. The summed E-state index contributed by atoms with van der Waals surface area (Å²) in [4.78, 5) is 40.3. The summed E-state index contributed by atoms with van der Waals surface area (Å²) >= 11 is 6.14. The number of hydrogen-bond donors (Lipinski definition) is 3. The van der Waals surface area contributed by atoms with Gasteiger partial charge in [0.25, 0.3) is 5.91 Å². The van der Waals surface area contributed by atoms with E-state index in [1.165, 1.54) is 28.0 Å². The molecule has 10 atom stereocenters. The van der Waals surface area contributed by atoms with E-state index in [1.807, 2.05) is 33.8 Å². The number of aliphatic imine (C=N–C) groups is 1. The van der Waals surface area contributed by atoms with Crippen LogP contribution in [0.15, 0.2) is 60.8 Å². The third-order valence-electron chi connectivity index (χ3n) is 13.1. The van der Waals surface area contributed by atoms with Crippen LogP contribution in [0, 0.1) is 17.1 Å². The largest absolute Gasteiger partial charge is 0.695 e. The number of halogens is 2. The molecule has 8 rings (SSSR count). The van der Waals surface area contributed by atoms with E-state index >= 15 is 8.78 Å². The Morgan fingerprint density at radius 1 is 1.04 bits per heavy atom. The summed E-state index contributed by atoms with van der Waals surface area (Å²) in [6, 6.07) is 10.4. The number of aromatic nitrogens is 5. The Labute approximate surface area is 423 Å². The van der Waals surface area contributed by atoms with Crippen LogP contribution in [-0.2, 0) is 56.9 Å². The number of ether oxygens (including phenoxy) is 2. The topological polar surface area (TPSA) is 246 Å². The van der Waals surface area contributed by atoms with Gasteiger partial charge in [-0.2, -0.15) is 5.26 Å². The molecule has 0 radical (unpaired) electrons. The zero-order valence-corrected chi connectivity index (χ0v) is 45.4. The first-order chi connectivity index (χ1) is 34.2. The van der Waals surface area contributed by atoms with Crippen molar-refractivity contribution in [3.8, 4) is 6.07 Å². The van der Waals surface area contributed by atoms with Crippen molar-refractivity contribution in [2.24, 2.45) is 4.99 Å². The molecule has 0 spiro atoms. The van der Waals surface area contributed by atoms with Crippen molar-refractivity contribution < 1.29 is 63.6 Å². The Hall–Kier alpha value is -4.14. The summed E-state index contributed by atoms with van der Waals surface area (Å²) in [6.45, 7) is 15.3. The highest BCUT2D eigenvalue weighted by molar-refractivity contribution is 8.07. The van der Waals surface area contributed by atoms with Crippen LogP contribution in [0.25, 0.3) is 16.9 Å². The molecule has 3 fully saturated rings. The predicted octanol–water partition coefficient (Wildman–Crippen LogP) is 8.63. The number of carbonyl (C=O) groups is 1. The number of carbonyl (C=O) groups excluding carboxylic acids is 1. The molecule has 388 valence electrons. The van der Waals surface area contributed by atoms with E-state index in [1.54, 1.807) is 30.3 Å². The van der Waals surface area contributed by atoms with Crippen LogP contribution in [0.5, 0.6) is 0 Å². The average Bonchev–Trinajstić information content (AvgIpc) is 4.08. The molecule has 1 amide bonds. The molecule has 21 nitrogen and oxygen atoms in total. The van der Waals surface area contributed by atoms with Gasteiger partial charge in [-0.05, 0) is 46.1 Å². The summed E-state index contributed by atoms with van der Waals surface area (Å²) in [6.07, 6.45) is -6.53. The van der Waals surface area contributed by atoms with Crippen molar-refractivity contribution in [3.05, 3.63) is 72.7 Å². The van der Waals surface area contributed by atoms with Crippen molar-refractivity contribution in [1.82, 2.24) is 29.4 Å². The van der Waals surface area contributed by atoms with Crippen molar-refractivity contribution in [2.45, 2.75) is 133 Å². The minimum absolute atomic E-state index is 0.00165. The maximum Gasteiger partial charge on any atom is 0.695 e. The van der Waals surface area contributed by atoms with E-state index in [4.69, 9.17) is 52.3 Å². The molecule has 3 saturated heterocycles.